The highest BCUT2D eigenvalue weighted by atomic mass is 19.1. The molecule has 60 valence electrons. The number of hydrogen-bond donors (Lipinski definition) is 0. The quantitative estimate of drug-likeness (QED) is 0.578. The molecule has 0 saturated heterocycles. The van der Waals surface area contributed by atoms with Crippen molar-refractivity contribution in [3.8, 4) is 0 Å². The Morgan fingerprint density at radius 3 is 2.83 bits per heavy atom. The van der Waals surface area contributed by atoms with E-state index in [2.05, 4.69) is 4.98 Å². The number of fused-ring (bicyclic) bond motifs is 1. The standard InChI is InChI=1S/C10H8FN/c1-7-5-6-8-9(11)3-2-4-10(8)12-7/h2-6H,1H3. The predicted octanol–water partition coefficient (Wildman–Crippen LogP) is 2.68. The molecule has 1 aromatic carbocycles. The molecule has 0 bridgehead atoms. The molecule has 2 heteroatoms. The zero-order valence-electron chi connectivity index (χ0n) is 6.71. The average Bonchev–Trinajstić information content (AvgIpc) is 2.04. The zero-order chi connectivity index (χ0) is 8.55. The van der Waals surface area contributed by atoms with Gasteiger partial charge >= 0.3 is 0 Å². The number of benzene rings is 1. The third kappa shape index (κ3) is 1.05. The number of nitrogens with zero attached hydrogens (tertiary/aromatic N) is 1. The van der Waals surface area contributed by atoms with Crippen LogP contribution in [0.4, 0.5) is 4.39 Å². The number of hydrogen-bond acceptors (Lipinski definition) is 1. The summed E-state index contributed by atoms with van der Waals surface area (Å²) in [5.41, 5.74) is 1.63. The van der Waals surface area contributed by atoms with Crippen molar-refractivity contribution in [2.45, 2.75) is 6.92 Å². The van der Waals surface area contributed by atoms with Gasteiger partial charge in [-0.1, -0.05) is 6.07 Å². The van der Waals surface area contributed by atoms with Gasteiger partial charge in [0.25, 0.3) is 0 Å². The summed E-state index contributed by atoms with van der Waals surface area (Å²) < 4.78 is 13.1. The molecule has 2 rings (SSSR count). The zero-order valence-corrected chi connectivity index (χ0v) is 6.71. The van der Waals surface area contributed by atoms with Gasteiger partial charge in [-0.15, -0.1) is 0 Å². The van der Waals surface area contributed by atoms with Crippen LogP contribution in [0.3, 0.4) is 0 Å². The van der Waals surface area contributed by atoms with Gasteiger partial charge in [-0.2, -0.15) is 0 Å². The largest absolute Gasteiger partial charge is 0.253 e. The molecule has 0 unspecified atom stereocenters. The lowest BCUT2D eigenvalue weighted by molar-refractivity contribution is 0.639. The third-order valence-corrected chi connectivity index (χ3v) is 1.82. The first-order valence-electron chi connectivity index (χ1n) is 3.79. The van der Waals surface area contributed by atoms with Crippen molar-refractivity contribution in [3.63, 3.8) is 0 Å². The molecule has 0 aliphatic carbocycles. The van der Waals surface area contributed by atoms with Crippen LogP contribution in [0.25, 0.3) is 10.9 Å². The first-order valence-corrected chi connectivity index (χ1v) is 3.79. The third-order valence-electron chi connectivity index (χ3n) is 1.82. The van der Waals surface area contributed by atoms with Crippen LogP contribution in [0, 0.1) is 12.7 Å². The van der Waals surface area contributed by atoms with Crippen LogP contribution in [0.5, 0.6) is 0 Å². The Morgan fingerprint density at radius 2 is 2.00 bits per heavy atom. The van der Waals surface area contributed by atoms with E-state index in [-0.39, 0.29) is 5.82 Å². The number of aryl methyl sites for hydroxylation is 1. The molecule has 1 heterocycles. The van der Waals surface area contributed by atoms with Crippen LogP contribution >= 0.6 is 0 Å². The fraction of sp³-hybridized carbons (Fsp3) is 0.100. The molecule has 0 amide bonds. The topological polar surface area (TPSA) is 12.9 Å². The van der Waals surface area contributed by atoms with E-state index >= 15 is 0 Å². The highest BCUT2D eigenvalue weighted by Crippen LogP contribution is 2.15. The van der Waals surface area contributed by atoms with Gasteiger partial charge in [0.05, 0.1) is 5.52 Å². The van der Waals surface area contributed by atoms with Crippen LogP contribution in [0.15, 0.2) is 30.3 Å². The van der Waals surface area contributed by atoms with Crippen molar-refractivity contribution in [1.29, 1.82) is 0 Å². The summed E-state index contributed by atoms with van der Waals surface area (Å²) in [6, 6.07) is 8.49. The van der Waals surface area contributed by atoms with Crippen molar-refractivity contribution < 1.29 is 4.39 Å². The molecule has 2 aromatic rings. The van der Waals surface area contributed by atoms with Crippen molar-refractivity contribution in [3.05, 3.63) is 41.8 Å². The molecule has 0 spiro atoms. The molecule has 0 radical (unpaired) electrons. The molecule has 0 atom stereocenters. The Balaban J connectivity index is 2.86. The molecule has 1 nitrogen and oxygen atoms in total. The Hall–Kier alpha value is -1.44. The van der Waals surface area contributed by atoms with E-state index in [9.17, 15) is 4.39 Å². The Morgan fingerprint density at radius 1 is 1.17 bits per heavy atom. The van der Waals surface area contributed by atoms with E-state index < -0.39 is 0 Å². The monoisotopic (exact) mass is 161 g/mol. The smallest absolute Gasteiger partial charge is 0.132 e. The van der Waals surface area contributed by atoms with E-state index in [1.165, 1.54) is 6.07 Å². The first-order chi connectivity index (χ1) is 5.77. The minimum Gasteiger partial charge on any atom is -0.253 e. The minimum atomic E-state index is -0.208. The summed E-state index contributed by atoms with van der Waals surface area (Å²) in [4.78, 5) is 4.20. The van der Waals surface area contributed by atoms with Crippen LogP contribution in [-0.2, 0) is 0 Å². The van der Waals surface area contributed by atoms with E-state index in [4.69, 9.17) is 0 Å². The van der Waals surface area contributed by atoms with Gasteiger partial charge in [-0.25, -0.2) is 4.39 Å². The molecular weight excluding hydrogens is 153 g/mol. The van der Waals surface area contributed by atoms with Crippen molar-refractivity contribution in [2.75, 3.05) is 0 Å². The van der Waals surface area contributed by atoms with Gasteiger partial charge in [0, 0.05) is 11.1 Å². The summed E-state index contributed by atoms with van der Waals surface area (Å²) >= 11 is 0. The minimum absolute atomic E-state index is 0.208. The molecule has 0 aliphatic heterocycles. The van der Waals surface area contributed by atoms with Gasteiger partial charge in [-0.05, 0) is 31.2 Å². The number of pyridine rings is 1. The van der Waals surface area contributed by atoms with E-state index in [1.807, 2.05) is 19.1 Å². The number of rotatable bonds is 0. The van der Waals surface area contributed by atoms with E-state index in [0.717, 1.165) is 11.2 Å². The fourth-order valence-electron chi connectivity index (χ4n) is 1.22. The normalized spacial score (nSPS) is 10.5. The molecule has 0 fully saturated rings. The molecule has 0 N–H and O–H groups in total. The maximum Gasteiger partial charge on any atom is 0.132 e. The van der Waals surface area contributed by atoms with Gasteiger partial charge < -0.3 is 0 Å². The molecule has 12 heavy (non-hydrogen) atoms. The Kier molecular flexibility index (Phi) is 1.54. The maximum absolute atomic E-state index is 13.1. The van der Waals surface area contributed by atoms with Gasteiger partial charge in [0.15, 0.2) is 0 Å². The molecular formula is C10H8FN. The number of aromatic nitrogens is 1. The average molecular weight is 161 g/mol. The lowest BCUT2D eigenvalue weighted by Gasteiger charge is -1.98. The SMILES string of the molecule is Cc1ccc2c(F)cccc2n1. The predicted molar refractivity (Wildman–Crippen MR) is 46.4 cm³/mol. The summed E-state index contributed by atoms with van der Waals surface area (Å²) in [6.45, 7) is 1.89. The lowest BCUT2D eigenvalue weighted by Crippen LogP contribution is -1.84. The van der Waals surface area contributed by atoms with Crippen LogP contribution in [0.2, 0.25) is 0 Å². The molecule has 0 saturated carbocycles. The van der Waals surface area contributed by atoms with Crippen molar-refractivity contribution in [1.82, 2.24) is 4.98 Å². The lowest BCUT2D eigenvalue weighted by atomic mass is 10.2. The highest BCUT2D eigenvalue weighted by Gasteiger charge is 1.99. The fourth-order valence-corrected chi connectivity index (χ4v) is 1.22. The summed E-state index contributed by atoms with van der Waals surface area (Å²) in [7, 11) is 0. The van der Waals surface area contributed by atoms with Crippen molar-refractivity contribution in [2.24, 2.45) is 0 Å². The second kappa shape index (κ2) is 2.55. The second-order valence-electron chi connectivity index (χ2n) is 2.76. The maximum atomic E-state index is 13.1. The first kappa shape index (κ1) is 7.22. The van der Waals surface area contributed by atoms with Gasteiger partial charge in [0.2, 0.25) is 0 Å². The van der Waals surface area contributed by atoms with Crippen molar-refractivity contribution >= 4 is 10.9 Å². The van der Waals surface area contributed by atoms with Crippen LogP contribution in [0.1, 0.15) is 5.69 Å². The molecule has 1 aromatic heterocycles. The number of halogens is 1. The Labute approximate surface area is 69.9 Å². The van der Waals surface area contributed by atoms with Gasteiger partial charge in [-0.3, -0.25) is 4.98 Å². The molecule has 0 aliphatic rings. The van der Waals surface area contributed by atoms with Crippen LogP contribution < -0.4 is 0 Å². The summed E-state index contributed by atoms with van der Waals surface area (Å²) in [5, 5.41) is 0.586. The van der Waals surface area contributed by atoms with E-state index in [1.54, 1.807) is 12.1 Å². The second-order valence-corrected chi connectivity index (χ2v) is 2.76. The van der Waals surface area contributed by atoms with Crippen LogP contribution in [-0.4, -0.2) is 4.98 Å². The Bertz CT molecular complexity index is 423. The van der Waals surface area contributed by atoms with Gasteiger partial charge in [0.1, 0.15) is 5.82 Å². The summed E-state index contributed by atoms with van der Waals surface area (Å²) in [5.74, 6) is -0.208. The highest BCUT2D eigenvalue weighted by molar-refractivity contribution is 5.79. The summed E-state index contributed by atoms with van der Waals surface area (Å²) in [6.07, 6.45) is 0. The van der Waals surface area contributed by atoms with E-state index in [0.29, 0.717) is 5.39 Å².